The van der Waals surface area contributed by atoms with E-state index in [9.17, 15) is 0 Å². The van der Waals surface area contributed by atoms with Gasteiger partial charge in [-0.3, -0.25) is 0 Å². The second-order valence-corrected chi connectivity index (χ2v) is 3.60. The average molecular weight is 164 g/mol. The molecule has 2 rings (SSSR count). The second-order valence-electron chi connectivity index (χ2n) is 2.38. The van der Waals surface area contributed by atoms with Crippen LogP contribution in [0.2, 0.25) is 0 Å². The molecule has 0 radical (unpaired) electrons. The number of thioether (sulfide) groups is 1. The Kier molecular flexibility index (Phi) is 1.62. The fraction of sp³-hybridized carbons (Fsp3) is 0.111. The first-order chi connectivity index (χ1) is 5.36. The second kappa shape index (κ2) is 2.62. The lowest BCUT2D eigenvalue weighted by molar-refractivity contribution is 0.347. The lowest BCUT2D eigenvalue weighted by Gasteiger charge is -2.17. The van der Waals surface area contributed by atoms with Gasteiger partial charge < -0.3 is 4.74 Å². The van der Waals surface area contributed by atoms with Gasteiger partial charge in [0, 0.05) is 4.91 Å². The summed E-state index contributed by atoms with van der Waals surface area (Å²) in [5.74, 6) is 0.977. The van der Waals surface area contributed by atoms with Gasteiger partial charge in [-0.15, -0.1) is 0 Å². The summed E-state index contributed by atoms with van der Waals surface area (Å²) >= 11 is 1.69. The lowest BCUT2D eigenvalue weighted by Crippen LogP contribution is -2.03. The maximum absolute atomic E-state index is 5.42. The Balaban J connectivity index is 2.41. The number of fused-ring (bicyclic) bond motifs is 1. The molecule has 1 aromatic rings. The zero-order valence-corrected chi connectivity index (χ0v) is 6.86. The zero-order chi connectivity index (χ0) is 7.68. The number of benzene rings is 1. The number of hydrogen-bond acceptors (Lipinski definition) is 2. The molecule has 0 spiro atoms. The van der Waals surface area contributed by atoms with Crippen molar-refractivity contribution in [3.63, 3.8) is 0 Å². The quantitative estimate of drug-likeness (QED) is 0.583. The molecule has 1 aliphatic rings. The van der Waals surface area contributed by atoms with Gasteiger partial charge in [0.15, 0.2) is 0 Å². The Bertz CT molecular complexity index is 293. The SMILES string of the molecule is C=C1COc2ccccc2S1. The van der Waals surface area contributed by atoms with E-state index in [0.717, 1.165) is 10.7 Å². The third-order valence-electron chi connectivity index (χ3n) is 1.49. The fourth-order valence-electron chi connectivity index (χ4n) is 0.997. The summed E-state index contributed by atoms with van der Waals surface area (Å²) in [4.78, 5) is 2.24. The van der Waals surface area contributed by atoms with Crippen LogP contribution < -0.4 is 4.74 Å². The van der Waals surface area contributed by atoms with Gasteiger partial charge >= 0.3 is 0 Å². The molecule has 0 atom stereocenters. The van der Waals surface area contributed by atoms with E-state index < -0.39 is 0 Å². The topological polar surface area (TPSA) is 9.23 Å². The molecule has 0 bridgehead atoms. The van der Waals surface area contributed by atoms with Gasteiger partial charge in [0.1, 0.15) is 12.4 Å². The molecule has 0 saturated heterocycles. The van der Waals surface area contributed by atoms with Gasteiger partial charge in [0.2, 0.25) is 0 Å². The number of rotatable bonds is 0. The van der Waals surface area contributed by atoms with Gasteiger partial charge in [-0.1, -0.05) is 30.5 Å². The number of para-hydroxylation sites is 1. The van der Waals surface area contributed by atoms with Crippen molar-refractivity contribution >= 4 is 11.8 Å². The van der Waals surface area contributed by atoms with Crippen LogP contribution in [0, 0.1) is 0 Å². The molecule has 0 fully saturated rings. The summed E-state index contributed by atoms with van der Waals surface area (Å²) in [6.07, 6.45) is 0. The van der Waals surface area contributed by atoms with Crippen molar-refractivity contribution < 1.29 is 4.74 Å². The normalized spacial score (nSPS) is 15.5. The third-order valence-corrected chi connectivity index (χ3v) is 2.46. The van der Waals surface area contributed by atoms with Crippen molar-refractivity contribution in [2.24, 2.45) is 0 Å². The number of hydrogen-bond donors (Lipinski definition) is 0. The highest BCUT2D eigenvalue weighted by atomic mass is 32.2. The van der Waals surface area contributed by atoms with Crippen LogP contribution in [-0.4, -0.2) is 6.61 Å². The van der Waals surface area contributed by atoms with Gasteiger partial charge in [-0.05, 0) is 12.1 Å². The molecule has 0 amide bonds. The summed E-state index contributed by atoms with van der Waals surface area (Å²) in [5, 5.41) is 0. The maximum atomic E-state index is 5.42. The first kappa shape index (κ1) is 6.80. The van der Waals surface area contributed by atoms with Crippen LogP contribution >= 0.6 is 11.8 Å². The highest BCUT2D eigenvalue weighted by Crippen LogP contribution is 2.37. The predicted octanol–water partition coefficient (Wildman–Crippen LogP) is 2.68. The summed E-state index contributed by atoms with van der Waals surface area (Å²) < 4.78 is 5.42. The minimum Gasteiger partial charge on any atom is -0.487 e. The Labute approximate surface area is 70.1 Å². The molecule has 11 heavy (non-hydrogen) atoms. The Morgan fingerprint density at radius 2 is 2.18 bits per heavy atom. The predicted molar refractivity (Wildman–Crippen MR) is 46.9 cm³/mol. The molecule has 0 saturated carbocycles. The minimum absolute atomic E-state index is 0.641. The van der Waals surface area contributed by atoms with E-state index in [1.807, 2.05) is 24.3 Å². The maximum Gasteiger partial charge on any atom is 0.133 e. The molecular weight excluding hydrogens is 156 g/mol. The van der Waals surface area contributed by atoms with Crippen LogP contribution in [0.1, 0.15) is 0 Å². The first-order valence-corrected chi connectivity index (χ1v) is 4.25. The molecule has 0 aromatic heterocycles. The smallest absolute Gasteiger partial charge is 0.133 e. The summed E-state index contributed by atoms with van der Waals surface area (Å²) in [7, 11) is 0. The van der Waals surface area contributed by atoms with Crippen LogP contribution in [0.25, 0.3) is 0 Å². The van der Waals surface area contributed by atoms with E-state index in [4.69, 9.17) is 4.74 Å². The Morgan fingerprint density at radius 1 is 1.36 bits per heavy atom. The van der Waals surface area contributed by atoms with Crippen molar-refractivity contribution in [2.45, 2.75) is 4.90 Å². The van der Waals surface area contributed by atoms with Crippen molar-refractivity contribution in [2.75, 3.05) is 6.61 Å². The minimum atomic E-state index is 0.641. The van der Waals surface area contributed by atoms with E-state index in [1.54, 1.807) is 11.8 Å². The molecule has 0 unspecified atom stereocenters. The van der Waals surface area contributed by atoms with Crippen LogP contribution in [0.5, 0.6) is 5.75 Å². The molecule has 1 heterocycles. The summed E-state index contributed by atoms with van der Waals surface area (Å²) in [6.45, 7) is 4.49. The molecule has 56 valence electrons. The van der Waals surface area contributed by atoms with Gasteiger partial charge in [0.25, 0.3) is 0 Å². The highest BCUT2D eigenvalue weighted by Gasteiger charge is 2.11. The largest absolute Gasteiger partial charge is 0.487 e. The molecule has 0 aliphatic carbocycles. The van der Waals surface area contributed by atoms with E-state index in [-0.39, 0.29) is 0 Å². The van der Waals surface area contributed by atoms with Crippen molar-refractivity contribution in [3.8, 4) is 5.75 Å². The van der Waals surface area contributed by atoms with Gasteiger partial charge in [0.05, 0.1) is 4.90 Å². The van der Waals surface area contributed by atoms with Crippen molar-refractivity contribution in [1.29, 1.82) is 0 Å². The average Bonchev–Trinajstić information content (AvgIpc) is 2.04. The molecular formula is C9H8OS. The third kappa shape index (κ3) is 1.26. The molecule has 0 N–H and O–H groups in total. The summed E-state index contributed by atoms with van der Waals surface area (Å²) in [6, 6.07) is 8.01. The highest BCUT2D eigenvalue weighted by molar-refractivity contribution is 8.03. The van der Waals surface area contributed by atoms with Gasteiger partial charge in [-0.2, -0.15) is 0 Å². The van der Waals surface area contributed by atoms with E-state index in [1.165, 1.54) is 4.90 Å². The van der Waals surface area contributed by atoms with Crippen molar-refractivity contribution in [3.05, 3.63) is 35.7 Å². The molecule has 1 aromatic carbocycles. The van der Waals surface area contributed by atoms with Crippen molar-refractivity contribution in [1.82, 2.24) is 0 Å². The summed E-state index contributed by atoms with van der Waals surface area (Å²) in [5.41, 5.74) is 0. The zero-order valence-electron chi connectivity index (χ0n) is 6.04. The van der Waals surface area contributed by atoms with E-state index >= 15 is 0 Å². The van der Waals surface area contributed by atoms with Crippen LogP contribution in [0.4, 0.5) is 0 Å². The molecule has 1 aliphatic heterocycles. The Morgan fingerprint density at radius 3 is 3.09 bits per heavy atom. The van der Waals surface area contributed by atoms with E-state index in [0.29, 0.717) is 6.61 Å². The van der Waals surface area contributed by atoms with Crippen LogP contribution in [0.3, 0.4) is 0 Å². The first-order valence-electron chi connectivity index (χ1n) is 3.44. The molecule has 2 heteroatoms. The Hall–Kier alpha value is -0.890. The van der Waals surface area contributed by atoms with Crippen LogP contribution in [-0.2, 0) is 0 Å². The van der Waals surface area contributed by atoms with Gasteiger partial charge in [-0.25, -0.2) is 0 Å². The standard InChI is InChI=1S/C9H8OS/c1-7-6-10-8-4-2-3-5-9(8)11-7/h2-5H,1,6H2. The van der Waals surface area contributed by atoms with E-state index in [2.05, 4.69) is 6.58 Å². The monoisotopic (exact) mass is 164 g/mol. The fourth-order valence-corrected chi connectivity index (χ4v) is 1.80. The number of ether oxygens (including phenoxy) is 1. The molecule has 1 nitrogen and oxygen atoms in total. The lowest BCUT2D eigenvalue weighted by atomic mass is 10.3. The van der Waals surface area contributed by atoms with Crippen LogP contribution in [0.15, 0.2) is 40.6 Å².